The number of benzene rings is 2. The maximum absolute atomic E-state index is 14.2. The fraction of sp³-hybridized carbons (Fsp3) is 0.350. The van der Waals surface area contributed by atoms with Gasteiger partial charge in [0.05, 0.1) is 30.8 Å². The minimum absolute atomic E-state index is 0.110. The van der Waals surface area contributed by atoms with E-state index in [2.05, 4.69) is 5.32 Å². The molecule has 0 aliphatic carbocycles. The Bertz CT molecular complexity index is 957. The van der Waals surface area contributed by atoms with Crippen LogP contribution in [0.2, 0.25) is 0 Å². The zero-order valence-electron chi connectivity index (χ0n) is 16.1. The average molecular weight is 422 g/mol. The molecule has 1 heterocycles. The van der Waals surface area contributed by atoms with E-state index in [1.807, 2.05) is 24.3 Å². The summed E-state index contributed by atoms with van der Waals surface area (Å²) in [5, 5.41) is 2.64. The summed E-state index contributed by atoms with van der Waals surface area (Å²) in [5.41, 5.74) is 0.685. The van der Waals surface area contributed by atoms with E-state index in [1.54, 1.807) is 7.11 Å². The number of sulfonamides is 1. The third-order valence-corrected chi connectivity index (χ3v) is 6.54. The van der Waals surface area contributed by atoms with Crippen LogP contribution in [0.4, 0.5) is 4.39 Å². The number of hydrogen-bond donors (Lipinski definition) is 1. The standard InChI is InChI=1S/C20H23FN2O5S/c1-27-16-4-2-15(3-5-16)8-9-22-20(24)18-14-17(6-7-19(18)21)29(25,26)23-10-12-28-13-11-23/h2-7,14H,8-13H2,1H3,(H,22,24). The van der Waals surface area contributed by atoms with Gasteiger partial charge < -0.3 is 14.8 Å². The Balaban J connectivity index is 1.67. The summed E-state index contributed by atoms with van der Waals surface area (Å²) in [6.07, 6.45) is 0.545. The van der Waals surface area contributed by atoms with Crippen molar-refractivity contribution in [3.05, 3.63) is 59.4 Å². The molecule has 0 spiro atoms. The summed E-state index contributed by atoms with van der Waals surface area (Å²) in [6, 6.07) is 10.7. The Hall–Kier alpha value is -2.49. The highest BCUT2D eigenvalue weighted by molar-refractivity contribution is 7.89. The minimum Gasteiger partial charge on any atom is -0.497 e. The number of methoxy groups -OCH3 is 1. The highest BCUT2D eigenvalue weighted by Crippen LogP contribution is 2.20. The second-order valence-corrected chi connectivity index (χ2v) is 8.45. The lowest BCUT2D eigenvalue weighted by Gasteiger charge is -2.26. The Labute approximate surface area is 169 Å². The number of morpholine rings is 1. The molecule has 156 valence electrons. The molecule has 0 radical (unpaired) electrons. The van der Waals surface area contributed by atoms with E-state index in [4.69, 9.17) is 9.47 Å². The van der Waals surface area contributed by atoms with Crippen LogP contribution in [0.1, 0.15) is 15.9 Å². The van der Waals surface area contributed by atoms with Crippen LogP contribution < -0.4 is 10.1 Å². The fourth-order valence-electron chi connectivity index (χ4n) is 2.98. The first kappa shape index (κ1) is 21.2. The van der Waals surface area contributed by atoms with Crippen molar-refractivity contribution in [1.82, 2.24) is 9.62 Å². The number of nitrogens with one attached hydrogen (secondary N) is 1. The number of hydrogen-bond acceptors (Lipinski definition) is 5. The van der Waals surface area contributed by atoms with Crippen LogP contribution in [0.5, 0.6) is 5.75 Å². The molecule has 2 aromatic carbocycles. The van der Waals surface area contributed by atoms with Crippen molar-refractivity contribution in [2.45, 2.75) is 11.3 Å². The van der Waals surface area contributed by atoms with Crippen molar-refractivity contribution in [3.63, 3.8) is 0 Å². The minimum atomic E-state index is -3.81. The molecule has 9 heteroatoms. The zero-order chi connectivity index (χ0) is 20.9. The van der Waals surface area contributed by atoms with E-state index in [0.29, 0.717) is 19.6 Å². The van der Waals surface area contributed by atoms with Gasteiger partial charge in [-0.15, -0.1) is 0 Å². The van der Waals surface area contributed by atoms with Crippen LogP contribution >= 0.6 is 0 Å². The van der Waals surface area contributed by atoms with Crippen LogP contribution in [0.3, 0.4) is 0 Å². The predicted molar refractivity (Wildman–Crippen MR) is 105 cm³/mol. The van der Waals surface area contributed by atoms with E-state index in [9.17, 15) is 17.6 Å². The van der Waals surface area contributed by atoms with Crippen molar-refractivity contribution in [3.8, 4) is 5.75 Å². The van der Waals surface area contributed by atoms with Crippen LogP contribution in [-0.2, 0) is 21.2 Å². The second kappa shape index (κ2) is 9.34. The number of carbonyl (C=O) groups is 1. The molecular formula is C20H23FN2O5S. The Kier molecular flexibility index (Phi) is 6.83. The number of amides is 1. The molecule has 1 aliphatic heterocycles. The number of carbonyl (C=O) groups excluding carboxylic acids is 1. The first-order chi connectivity index (χ1) is 13.9. The van der Waals surface area contributed by atoms with E-state index >= 15 is 0 Å². The third-order valence-electron chi connectivity index (χ3n) is 4.65. The summed E-state index contributed by atoms with van der Waals surface area (Å²) in [6.45, 7) is 1.34. The van der Waals surface area contributed by atoms with E-state index in [0.717, 1.165) is 23.4 Å². The normalized spacial score (nSPS) is 15.1. The molecule has 3 rings (SSSR count). The van der Waals surface area contributed by atoms with Gasteiger partial charge in [0.2, 0.25) is 10.0 Å². The van der Waals surface area contributed by atoms with Crippen molar-refractivity contribution in [1.29, 1.82) is 0 Å². The zero-order valence-corrected chi connectivity index (χ0v) is 16.9. The predicted octanol–water partition coefficient (Wildman–Crippen LogP) is 1.83. The van der Waals surface area contributed by atoms with Crippen molar-refractivity contribution in [2.75, 3.05) is 40.0 Å². The summed E-state index contributed by atoms with van der Waals surface area (Å²) >= 11 is 0. The van der Waals surface area contributed by atoms with Gasteiger partial charge in [-0.3, -0.25) is 4.79 Å². The van der Waals surface area contributed by atoms with Gasteiger partial charge in [-0.25, -0.2) is 12.8 Å². The number of halogens is 1. The smallest absolute Gasteiger partial charge is 0.254 e. The second-order valence-electron chi connectivity index (χ2n) is 6.51. The van der Waals surface area contributed by atoms with E-state index in [-0.39, 0.29) is 30.1 Å². The summed E-state index contributed by atoms with van der Waals surface area (Å²) in [5.74, 6) is -0.693. The lowest BCUT2D eigenvalue weighted by molar-refractivity contribution is 0.0730. The molecule has 1 saturated heterocycles. The molecule has 0 aromatic heterocycles. The lowest BCUT2D eigenvalue weighted by Crippen LogP contribution is -2.40. The first-order valence-corrected chi connectivity index (χ1v) is 10.6. The van der Waals surface area contributed by atoms with E-state index < -0.39 is 21.7 Å². The molecule has 7 nitrogen and oxygen atoms in total. The lowest BCUT2D eigenvalue weighted by atomic mass is 10.1. The van der Waals surface area contributed by atoms with Gasteiger partial charge in [0, 0.05) is 19.6 Å². The van der Waals surface area contributed by atoms with E-state index in [1.165, 1.54) is 10.4 Å². The SMILES string of the molecule is COc1ccc(CCNC(=O)c2cc(S(=O)(=O)N3CCOCC3)ccc2F)cc1. The number of ether oxygens (including phenoxy) is 2. The summed E-state index contributed by atoms with van der Waals surface area (Å²) in [7, 11) is -2.23. The van der Waals surface area contributed by atoms with Crippen molar-refractivity contribution >= 4 is 15.9 Å². The average Bonchev–Trinajstić information content (AvgIpc) is 2.75. The quantitative estimate of drug-likeness (QED) is 0.736. The van der Waals surface area contributed by atoms with Gasteiger partial charge in [-0.05, 0) is 42.3 Å². The van der Waals surface area contributed by atoms with Gasteiger partial charge in [0.25, 0.3) is 5.91 Å². The van der Waals surface area contributed by atoms with Gasteiger partial charge in [-0.2, -0.15) is 4.31 Å². The molecule has 1 aliphatic rings. The first-order valence-electron chi connectivity index (χ1n) is 9.20. The largest absolute Gasteiger partial charge is 0.497 e. The van der Waals surface area contributed by atoms with Crippen LogP contribution in [0.15, 0.2) is 47.4 Å². The highest BCUT2D eigenvalue weighted by Gasteiger charge is 2.27. The molecule has 0 saturated carbocycles. The number of rotatable bonds is 7. The Morgan fingerprint density at radius 2 is 1.86 bits per heavy atom. The maximum Gasteiger partial charge on any atom is 0.254 e. The monoisotopic (exact) mass is 422 g/mol. The molecule has 1 fully saturated rings. The van der Waals surface area contributed by atoms with Gasteiger partial charge in [0.15, 0.2) is 0 Å². The molecule has 0 atom stereocenters. The Morgan fingerprint density at radius 3 is 2.52 bits per heavy atom. The topological polar surface area (TPSA) is 84.9 Å². The molecular weight excluding hydrogens is 399 g/mol. The maximum atomic E-state index is 14.2. The molecule has 1 N–H and O–H groups in total. The molecule has 0 unspecified atom stereocenters. The molecule has 1 amide bonds. The summed E-state index contributed by atoms with van der Waals surface area (Å²) < 4.78 is 51.2. The van der Waals surface area contributed by atoms with Gasteiger partial charge >= 0.3 is 0 Å². The fourth-order valence-corrected chi connectivity index (χ4v) is 4.42. The molecule has 0 bridgehead atoms. The van der Waals surface area contributed by atoms with Crippen molar-refractivity contribution < 1.29 is 27.1 Å². The van der Waals surface area contributed by atoms with Crippen LogP contribution in [0.25, 0.3) is 0 Å². The highest BCUT2D eigenvalue weighted by atomic mass is 32.2. The van der Waals surface area contributed by atoms with Crippen LogP contribution in [0, 0.1) is 5.82 Å². The van der Waals surface area contributed by atoms with Gasteiger partial charge in [0.1, 0.15) is 11.6 Å². The third kappa shape index (κ3) is 5.11. The molecule has 29 heavy (non-hydrogen) atoms. The Morgan fingerprint density at radius 1 is 1.17 bits per heavy atom. The van der Waals surface area contributed by atoms with Crippen LogP contribution in [-0.4, -0.2) is 58.6 Å². The number of nitrogens with zero attached hydrogens (tertiary/aromatic N) is 1. The van der Waals surface area contributed by atoms with Gasteiger partial charge in [-0.1, -0.05) is 12.1 Å². The van der Waals surface area contributed by atoms with Crippen molar-refractivity contribution in [2.24, 2.45) is 0 Å². The summed E-state index contributed by atoms with van der Waals surface area (Å²) in [4.78, 5) is 12.3. The molecule has 2 aromatic rings.